The van der Waals surface area contributed by atoms with Gasteiger partial charge in [0.25, 0.3) is 5.91 Å². The Bertz CT molecular complexity index is 324. The Morgan fingerprint density at radius 2 is 2.45 bits per heavy atom. The molecule has 2 rings (SSSR count). The lowest BCUT2D eigenvalue weighted by Crippen LogP contribution is -2.13. The molecule has 0 atom stereocenters. The summed E-state index contributed by atoms with van der Waals surface area (Å²) in [4.78, 5) is 15.0. The number of hydrogen-bond donors (Lipinski definition) is 1. The van der Waals surface area contributed by atoms with Gasteiger partial charge < -0.3 is 5.32 Å². The first kappa shape index (κ1) is 7.02. The molecule has 1 aliphatic rings. The van der Waals surface area contributed by atoms with Gasteiger partial charge in [0, 0.05) is 21.9 Å². The maximum absolute atomic E-state index is 11.0. The average Bonchev–Trinajstić information content (AvgIpc) is 2.32. The molecular formula is C7H5IN2O. The zero-order valence-electron chi connectivity index (χ0n) is 5.60. The highest BCUT2D eigenvalue weighted by atomic mass is 127. The molecule has 0 bridgehead atoms. The van der Waals surface area contributed by atoms with Crippen molar-refractivity contribution in [2.45, 2.75) is 6.54 Å². The molecule has 0 unspecified atom stereocenters. The van der Waals surface area contributed by atoms with Gasteiger partial charge in [0.2, 0.25) is 0 Å². The molecule has 1 aliphatic heterocycles. The first-order valence-corrected chi connectivity index (χ1v) is 4.28. The molecule has 1 amide bonds. The summed E-state index contributed by atoms with van der Waals surface area (Å²) >= 11 is 2.18. The highest BCUT2D eigenvalue weighted by molar-refractivity contribution is 14.1. The average molecular weight is 260 g/mol. The summed E-state index contributed by atoms with van der Waals surface area (Å²) in [6.45, 7) is 0.623. The number of hydrogen-bond acceptors (Lipinski definition) is 2. The fourth-order valence-electron chi connectivity index (χ4n) is 1.08. The molecule has 0 saturated heterocycles. The van der Waals surface area contributed by atoms with E-state index >= 15 is 0 Å². The second-order valence-corrected chi connectivity index (χ2v) is 3.59. The van der Waals surface area contributed by atoms with Gasteiger partial charge in [0.15, 0.2) is 0 Å². The van der Waals surface area contributed by atoms with Gasteiger partial charge in [-0.1, -0.05) is 0 Å². The molecule has 1 N–H and O–H groups in total. The van der Waals surface area contributed by atoms with Crippen molar-refractivity contribution in [1.29, 1.82) is 0 Å². The van der Waals surface area contributed by atoms with E-state index in [0.717, 1.165) is 9.13 Å². The van der Waals surface area contributed by atoms with Crippen LogP contribution in [-0.4, -0.2) is 10.9 Å². The van der Waals surface area contributed by atoms with Crippen molar-refractivity contribution >= 4 is 28.5 Å². The zero-order valence-corrected chi connectivity index (χ0v) is 7.75. The molecule has 2 heterocycles. The van der Waals surface area contributed by atoms with Gasteiger partial charge >= 0.3 is 0 Å². The minimum Gasteiger partial charge on any atom is -0.347 e. The third-order valence-corrected chi connectivity index (χ3v) is 2.18. The lowest BCUT2D eigenvalue weighted by Gasteiger charge is -1.93. The number of nitrogens with one attached hydrogen (secondary N) is 1. The van der Waals surface area contributed by atoms with Crippen molar-refractivity contribution in [1.82, 2.24) is 10.3 Å². The number of carbonyl (C=O) groups is 1. The molecule has 0 aliphatic carbocycles. The van der Waals surface area contributed by atoms with Crippen molar-refractivity contribution in [3.05, 3.63) is 27.1 Å². The lowest BCUT2D eigenvalue weighted by atomic mass is 10.2. The van der Waals surface area contributed by atoms with Gasteiger partial charge in [-0.3, -0.25) is 4.79 Å². The van der Waals surface area contributed by atoms with E-state index in [1.807, 2.05) is 6.07 Å². The number of aromatic nitrogens is 1. The molecule has 0 spiro atoms. The van der Waals surface area contributed by atoms with E-state index in [9.17, 15) is 4.79 Å². The highest BCUT2D eigenvalue weighted by Crippen LogP contribution is 2.14. The number of fused-ring (bicyclic) bond motifs is 1. The number of halogens is 1. The number of nitrogens with zero attached hydrogens (tertiary/aromatic N) is 1. The smallest absolute Gasteiger partial charge is 0.270 e. The Hall–Kier alpha value is -0.650. The standard InChI is InChI=1S/C7H5IN2O/c8-5-1-4-2-10-7(11)6(4)9-3-5/h1,3H,2H2,(H,10,11). The SMILES string of the molecule is O=C1NCc2cc(I)cnc21. The molecule has 11 heavy (non-hydrogen) atoms. The number of rotatable bonds is 0. The Labute approximate surface area is 77.3 Å². The minimum absolute atomic E-state index is 0.0589. The molecule has 4 heteroatoms. The Kier molecular flexibility index (Phi) is 1.56. The van der Waals surface area contributed by atoms with Crippen LogP contribution in [0.4, 0.5) is 0 Å². The molecule has 3 nitrogen and oxygen atoms in total. The molecular weight excluding hydrogens is 255 g/mol. The molecule has 0 aromatic carbocycles. The maximum atomic E-state index is 11.0. The normalized spacial score (nSPS) is 14.5. The van der Waals surface area contributed by atoms with E-state index < -0.39 is 0 Å². The highest BCUT2D eigenvalue weighted by Gasteiger charge is 2.19. The zero-order chi connectivity index (χ0) is 7.84. The number of amides is 1. The molecule has 0 fully saturated rings. The lowest BCUT2D eigenvalue weighted by molar-refractivity contribution is 0.0961. The van der Waals surface area contributed by atoms with Gasteiger partial charge in [0.1, 0.15) is 5.69 Å². The van der Waals surface area contributed by atoms with Crippen molar-refractivity contribution in [2.75, 3.05) is 0 Å². The maximum Gasteiger partial charge on any atom is 0.270 e. The van der Waals surface area contributed by atoms with Gasteiger partial charge in [-0.2, -0.15) is 0 Å². The summed E-state index contributed by atoms with van der Waals surface area (Å²) in [6, 6.07) is 1.97. The topological polar surface area (TPSA) is 42.0 Å². The van der Waals surface area contributed by atoms with Crippen molar-refractivity contribution in [2.24, 2.45) is 0 Å². The number of carbonyl (C=O) groups excluding carboxylic acids is 1. The van der Waals surface area contributed by atoms with Crippen LogP contribution in [0.3, 0.4) is 0 Å². The van der Waals surface area contributed by atoms with E-state index in [4.69, 9.17) is 0 Å². The summed E-state index contributed by atoms with van der Waals surface area (Å²) < 4.78 is 1.07. The van der Waals surface area contributed by atoms with Gasteiger partial charge in [-0.25, -0.2) is 4.98 Å². The van der Waals surface area contributed by atoms with E-state index in [0.29, 0.717) is 12.2 Å². The largest absolute Gasteiger partial charge is 0.347 e. The molecule has 1 aromatic heterocycles. The predicted molar refractivity (Wildman–Crippen MR) is 48.1 cm³/mol. The van der Waals surface area contributed by atoms with Crippen LogP contribution in [0.5, 0.6) is 0 Å². The Balaban J connectivity index is 2.59. The van der Waals surface area contributed by atoms with Crippen LogP contribution >= 0.6 is 22.6 Å². The van der Waals surface area contributed by atoms with Crippen molar-refractivity contribution < 1.29 is 4.79 Å². The van der Waals surface area contributed by atoms with Crippen LogP contribution in [0.1, 0.15) is 16.1 Å². The first-order valence-electron chi connectivity index (χ1n) is 3.20. The third-order valence-electron chi connectivity index (χ3n) is 1.59. The van der Waals surface area contributed by atoms with Crippen LogP contribution in [0, 0.1) is 3.57 Å². The van der Waals surface area contributed by atoms with Crippen LogP contribution in [0.25, 0.3) is 0 Å². The molecule has 56 valence electrons. The molecule has 0 saturated carbocycles. The van der Waals surface area contributed by atoms with Gasteiger partial charge in [-0.05, 0) is 28.7 Å². The summed E-state index contributed by atoms with van der Waals surface area (Å²) in [5.74, 6) is -0.0589. The van der Waals surface area contributed by atoms with E-state index in [2.05, 4.69) is 32.9 Å². The third kappa shape index (κ3) is 1.11. The predicted octanol–water partition coefficient (Wildman–Crippen LogP) is 0.930. The van der Waals surface area contributed by atoms with Crippen LogP contribution in [-0.2, 0) is 6.54 Å². The Morgan fingerprint density at radius 1 is 1.64 bits per heavy atom. The summed E-state index contributed by atoms with van der Waals surface area (Å²) in [6.07, 6.45) is 1.70. The van der Waals surface area contributed by atoms with Crippen molar-refractivity contribution in [3.8, 4) is 0 Å². The van der Waals surface area contributed by atoms with E-state index in [-0.39, 0.29) is 5.91 Å². The quantitative estimate of drug-likeness (QED) is 0.705. The van der Waals surface area contributed by atoms with Crippen LogP contribution in [0.2, 0.25) is 0 Å². The fraction of sp³-hybridized carbons (Fsp3) is 0.143. The summed E-state index contributed by atoms with van der Waals surface area (Å²) in [7, 11) is 0. The monoisotopic (exact) mass is 260 g/mol. The first-order chi connectivity index (χ1) is 5.27. The second-order valence-electron chi connectivity index (χ2n) is 2.34. The van der Waals surface area contributed by atoms with Gasteiger partial charge in [-0.15, -0.1) is 0 Å². The van der Waals surface area contributed by atoms with Crippen LogP contribution < -0.4 is 5.32 Å². The molecule has 0 radical (unpaired) electrons. The van der Waals surface area contributed by atoms with E-state index in [1.54, 1.807) is 6.20 Å². The molecule has 1 aromatic rings. The fourth-order valence-corrected chi connectivity index (χ4v) is 1.59. The van der Waals surface area contributed by atoms with E-state index in [1.165, 1.54) is 0 Å². The summed E-state index contributed by atoms with van der Waals surface area (Å²) in [5, 5.41) is 2.71. The Morgan fingerprint density at radius 3 is 3.27 bits per heavy atom. The number of pyridine rings is 1. The van der Waals surface area contributed by atoms with Gasteiger partial charge in [0.05, 0.1) is 0 Å². The van der Waals surface area contributed by atoms with Crippen molar-refractivity contribution in [3.63, 3.8) is 0 Å². The minimum atomic E-state index is -0.0589. The van der Waals surface area contributed by atoms with Crippen LogP contribution in [0.15, 0.2) is 12.3 Å². The second kappa shape index (κ2) is 2.44. The summed E-state index contributed by atoms with van der Waals surface area (Å²) in [5.41, 5.74) is 1.58.